The van der Waals surface area contributed by atoms with Crippen LogP contribution in [-0.2, 0) is 0 Å². The number of aromatic nitrogens is 1. The lowest BCUT2D eigenvalue weighted by atomic mass is 10.2. The molecule has 0 bridgehead atoms. The summed E-state index contributed by atoms with van der Waals surface area (Å²) in [6.07, 6.45) is 0.981. The number of anilines is 1. The molecule has 7 heteroatoms. The summed E-state index contributed by atoms with van der Waals surface area (Å²) in [7, 11) is 0. The zero-order chi connectivity index (χ0) is 19.1. The molecule has 2 N–H and O–H groups in total. The summed E-state index contributed by atoms with van der Waals surface area (Å²) in [5.41, 5.74) is 3.17. The van der Waals surface area contributed by atoms with Crippen molar-refractivity contribution >= 4 is 28.9 Å². The SMILES string of the molecule is CCCN=C(/N=C(\C)N1CCNCC1)Nc1nc(-c2ccsc2)ccc1C. The van der Waals surface area contributed by atoms with Crippen LogP contribution in [0.2, 0.25) is 0 Å². The third-order valence-electron chi connectivity index (χ3n) is 4.47. The fourth-order valence-corrected chi connectivity index (χ4v) is 3.51. The second-order valence-corrected chi connectivity index (χ2v) is 7.38. The summed E-state index contributed by atoms with van der Waals surface area (Å²) < 4.78 is 0. The Bertz CT molecular complexity index is 791. The topological polar surface area (TPSA) is 64.9 Å². The Morgan fingerprint density at radius 3 is 2.81 bits per heavy atom. The maximum Gasteiger partial charge on any atom is 0.225 e. The largest absolute Gasteiger partial charge is 0.358 e. The number of rotatable bonds is 4. The molecule has 1 fully saturated rings. The van der Waals surface area contributed by atoms with Crippen LogP contribution >= 0.6 is 11.3 Å². The van der Waals surface area contributed by atoms with E-state index in [1.165, 1.54) is 0 Å². The standard InChI is InChI=1S/C20H28N6S/c1-4-8-22-20(23-16(3)26-11-9-21-10-12-26)25-19-15(2)5-6-18(24-19)17-7-13-27-14-17/h5-7,13-14,21H,4,8-12H2,1-3H3,(H,22,24,25)/b23-16+. The number of hydrogen-bond acceptors (Lipinski definition) is 4. The zero-order valence-corrected chi connectivity index (χ0v) is 17.1. The molecule has 0 radical (unpaired) electrons. The number of piperazine rings is 1. The van der Waals surface area contributed by atoms with Crippen molar-refractivity contribution in [3.05, 3.63) is 34.5 Å². The van der Waals surface area contributed by atoms with Gasteiger partial charge >= 0.3 is 0 Å². The fraction of sp³-hybridized carbons (Fsp3) is 0.450. The minimum Gasteiger partial charge on any atom is -0.358 e. The van der Waals surface area contributed by atoms with Crippen LogP contribution < -0.4 is 10.6 Å². The predicted octanol–water partition coefficient (Wildman–Crippen LogP) is 3.62. The monoisotopic (exact) mass is 384 g/mol. The van der Waals surface area contributed by atoms with Gasteiger partial charge in [0.05, 0.1) is 5.69 Å². The molecule has 0 spiro atoms. The molecule has 0 saturated carbocycles. The quantitative estimate of drug-likeness (QED) is 0.624. The molecule has 1 saturated heterocycles. The predicted molar refractivity (Wildman–Crippen MR) is 116 cm³/mol. The smallest absolute Gasteiger partial charge is 0.225 e. The van der Waals surface area contributed by atoms with Crippen molar-refractivity contribution in [3.63, 3.8) is 0 Å². The molecule has 0 aromatic carbocycles. The van der Waals surface area contributed by atoms with Gasteiger partial charge in [0.15, 0.2) is 0 Å². The first-order valence-electron chi connectivity index (χ1n) is 9.50. The van der Waals surface area contributed by atoms with Crippen LogP contribution in [0.3, 0.4) is 0 Å². The zero-order valence-electron chi connectivity index (χ0n) is 16.3. The van der Waals surface area contributed by atoms with E-state index in [-0.39, 0.29) is 0 Å². The van der Waals surface area contributed by atoms with E-state index in [1.807, 2.05) is 0 Å². The number of nitrogens with one attached hydrogen (secondary N) is 2. The fourth-order valence-electron chi connectivity index (χ4n) is 2.87. The molecule has 144 valence electrons. The van der Waals surface area contributed by atoms with Gasteiger partial charge in [-0.15, -0.1) is 0 Å². The Balaban J connectivity index is 1.83. The lowest BCUT2D eigenvalue weighted by Gasteiger charge is -2.28. The van der Waals surface area contributed by atoms with Crippen molar-refractivity contribution in [3.8, 4) is 11.3 Å². The second-order valence-electron chi connectivity index (χ2n) is 6.60. The van der Waals surface area contributed by atoms with Gasteiger partial charge in [-0.1, -0.05) is 13.0 Å². The number of hydrogen-bond donors (Lipinski definition) is 2. The van der Waals surface area contributed by atoms with Gasteiger partial charge in [-0.3, -0.25) is 4.99 Å². The van der Waals surface area contributed by atoms with Gasteiger partial charge in [-0.2, -0.15) is 11.3 Å². The van der Waals surface area contributed by atoms with Crippen molar-refractivity contribution in [1.82, 2.24) is 15.2 Å². The Morgan fingerprint density at radius 2 is 2.11 bits per heavy atom. The number of pyridine rings is 1. The van der Waals surface area contributed by atoms with E-state index in [9.17, 15) is 0 Å². The van der Waals surface area contributed by atoms with E-state index in [0.29, 0.717) is 5.96 Å². The van der Waals surface area contributed by atoms with Crippen LogP contribution in [0.1, 0.15) is 25.8 Å². The van der Waals surface area contributed by atoms with Crippen molar-refractivity contribution in [2.45, 2.75) is 27.2 Å². The molecular weight excluding hydrogens is 356 g/mol. The van der Waals surface area contributed by atoms with Crippen molar-refractivity contribution < 1.29 is 0 Å². The number of nitrogens with zero attached hydrogens (tertiary/aromatic N) is 4. The molecule has 6 nitrogen and oxygen atoms in total. The highest BCUT2D eigenvalue weighted by atomic mass is 32.1. The summed E-state index contributed by atoms with van der Waals surface area (Å²) in [6.45, 7) is 10.9. The number of thiophene rings is 1. The summed E-state index contributed by atoms with van der Waals surface area (Å²) in [4.78, 5) is 16.5. The lowest BCUT2D eigenvalue weighted by Crippen LogP contribution is -2.46. The molecule has 27 heavy (non-hydrogen) atoms. The molecule has 3 rings (SSSR count). The van der Waals surface area contributed by atoms with Crippen LogP contribution in [0, 0.1) is 6.92 Å². The van der Waals surface area contributed by atoms with Gasteiger partial charge in [-0.25, -0.2) is 9.98 Å². The number of aliphatic imine (C=N–C) groups is 2. The first-order chi connectivity index (χ1) is 13.2. The summed E-state index contributed by atoms with van der Waals surface area (Å²) >= 11 is 1.68. The third kappa shape index (κ3) is 5.37. The van der Waals surface area contributed by atoms with Gasteiger partial charge in [0.25, 0.3) is 0 Å². The Labute approximate surface area is 165 Å². The average molecular weight is 385 g/mol. The first-order valence-corrected chi connectivity index (χ1v) is 10.4. The van der Waals surface area contributed by atoms with Crippen LogP contribution in [0.25, 0.3) is 11.3 Å². The van der Waals surface area contributed by atoms with Gasteiger partial charge in [-0.05, 0) is 43.3 Å². The molecule has 2 aromatic rings. The number of amidine groups is 1. The van der Waals surface area contributed by atoms with Gasteiger partial charge in [0.2, 0.25) is 5.96 Å². The first kappa shape index (κ1) is 19.5. The maximum absolute atomic E-state index is 4.80. The highest BCUT2D eigenvalue weighted by Gasteiger charge is 2.13. The molecule has 2 aromatic heterocycles. The minimum absolute atomic E-state index is 0.631. The lowest BCUT2D eigenvalue weighted by molar-refractivity contribution is 0.356. The molecule has 0 atom stereocenters. The second kappa shape index (κ2) is 9.62. The molecule has 3 heterocycles. The summed E-state index contributed by atoms with van der Waals surface area (Å²) in [5, 5.41) is 10.9. The maximum atomic E-state index is 4.80. The van der Waals surface area contributed by atoms with E-state index in [4.69, 9.17) is 9.98 Å². The van der Waals surface area contributed by atoms with E-state index in [2.05, 4.69) is 70.3 Å². The van der Waals surface area contributed by atoms with Crippen LogP contribution in [0.5, 0.6) is 0 Å². The van der Waals surface area contributed by atoms with E-state index in [0.717, 1.165) is 67.6 Å². The van der Waals surface area contributed by atoms with Gasteiger partial charge in [0.1, 0.15) is 11.7 Å². The minimum atomic E-state index is 0.631. The Kier molecular flexibility index (Phi) is 6.95. The van der Waals surface area contributed by atoms with Crippen LogP contribution in [0.4, 0.5) is 5.82 Å². The van der Waals surface area contributed by atoms with Crippen LogP contribution in [0.15, 0.2) is 38.9 Å². The molecule has 0 unspecified atom stereocenters. The van der Waals surface area contributed by atoms with E-state index in [1.54, 1.807) is 11.3 Å². The molecule has 0 aliphatic carbocycles. The van der Waals surface area contributed by atoms with Gasteiger partial charge < -0.3 is 15.5 Å². The normalized spacial score (nSPS) is 15.9. The highest BCUT2D eigenvalue weighted by molar-refractivity contribution is 7.08. The highest BCUT2D eigenvalue weighted by Crippen LogP contribution is 2.23. The third-order valence-corrected chi connectivity index (χ3v) is 5.15. The molecule has 1 aliphatic rings. The number of aryl methyl sites for hydroxylation is 1. The van der Waals surface area contributed by atoms with Crippen molar-refractivity contribution in [2.75, 3.05) is 38.0 Å². The van der Waals surface area contributed by atoms with Crippen molar-refractivity contribution in [1.29, 1.82) is 0 Å². The number of guanidine groups is 1. The molecular formula is C20H28N6S. The van der Waals surface area contributed by atoms with Crippen LogP contribution in [-0.4, -0.2) is 54.4 Å². The van der Waals surface area contributed by atoms with E-state index >= 15 is 0 Å². The Morgan fingerprint density at radius 1 is 1.30 bits per heavy atom. The average Bonchev–Trinajstić information content (AvgIpc) is 3.23. The molecule has 1 aliphatic heterocycles. The summed E-state index contributed by atoms with van der Waals surface area (Å²) in [5.74, 6) is 2.43. The Hall–Kier alpha value is -2.25. The van der Waals surface area contributed by atoms with E-state index < -0.39 is 0 Å². The molecule has 0 amide bonds. The summed E-state index contributed by atoms with van der Waals surface area (Å²) in [6, 6.07) is 6.23. The van der Waals surface area contributed by atoms with Crippen molar-refractivity contribution in [2.24, 2.45) is 9.98 Å². The van der Waals surface area contributed by atoms with Gasteiger partial charge in [0, 0.05) is 43.7 Å².